The van der Waals surface area contributed by atoms with Gasteiger partial charge >= 0.3 is 0 Å². The van der Waals surface area contributed by atoms with Gasteiger partial charge in [0.2, 0.25) is 10.0 Å². The summed E-state index contributed by atoms with van der Waals surface area (Å²) in [6.07, 6.45) is 2.22. The highest BCUT2D eigenvalue weighted by molar-refractivity contribution is 7.92. The van der Waals surface area contributed by atoms with Crippen LogP contribution in [0.2, 0.25) is 0 Å². The molecule has 0 fully saturated rings. The summed E-state index contributed by atoms with van der Waals surface area (Å²) in [5, 5.41) is 4.53. The minimum Gasteiger partial charge on any atom is -0.268 e. The first-order valence-corrected chi connectivity index (χ1v) is 8.03. The van der Waals surface area contributed by atoms with Crippen molar-refractivity contribution in [2.24, 2.45) is 5.14 Å². The van der Waals surface area contributed by atoms with Crippen LogP contribution in [-0.4, -0.2) is 34.6 Å². The van der Waals surface area contributed by atoms with Crippen molar-refractivity contribution in [3.63, 3.8) is 0 Å². The molecule has 2 N–H and O–H groups in total. The van der Waals surface area contributed by atoms with Crippen LogP contribution in [0.1, 0.15) is 6.92 Å². The topological polar surface area (TPSA) is 110 Å². The van der Waals surface area contributed by atoms with Crippen molar-refractivity contribution in [2.45, 2.75) is 11.9 Å². The Balaban J connectivity index is 3.52. The summed E-state index contributed by atoms with van der Waals surface area (Å²) < 4.78 is 46.5. The van der Waals surface area contributed by atoms with Gasteiger partial charge in [0.25, 0.3) is 10.0 Å². The number of sulfonamides is 2. The molecule has 0 amide bonds. The molecular formula is C8H13N3O4S2. The van der Waals surface area contributed by atoms with Crippen LogP contribution in [0.15, 0.2) is 23.4 Å². The third-order valence-electron chi connectivity index (χ3n) is 1.98. The first-order valence-electron chi connectivity index (χ1n) is 4.63. The number of hydrogen-bond acceptors (Lipinski definition) is 5. The van der Waals surface area contributed by atoms with Gasteiger partial charge < -0.3 is 0 Å². The van der Waals surface area contributed by atoms with E-state index in [1.165, 1.54) is 18.3 Å². The molecule has 0 aromatic carbocycles. The molecule has 0 spiro atoms. The van der Waals surface area contributed by atoms with E-state index >= 15 is 0 Å². The van der Waals surface area contributed by atoms with Gasteiger partial charge in [0.05, 0.1) is 11.9 Å². The number of aromatic nitrogens is 1. The molecule has 1 heterocycles. The van der Waals surface area contributed by atoms with Crippen molar-refractivity contribution >= 4 is 25.7 Å². The van der Waals surface area contributed by atoms with Crippen molar-refractivity contribution in [2.75, 3.05) is 17.1 Å². The SMILES string of the molecule is CCN(c1cccnc1S(N)(=O)=O)S(C)(=O)=O. The van der Waals surface area contributed by atoms with E-state index in [0.717, 1.165) is 10.6 Å². The molecule has 0 saturated carbocycles. The highest BCUT2D eigenvalue weighted by atomic mass is 32.2. The lowest BCUT2D eigenvalue weighted by Crippen LogP contribution is -2.31. The maximum atomic E-state index is 11.5. The average Bonchev–Trinajstić information content (AvgIpc) is 2.15. The second-order valence-electron chi connectivity index (χ2n) is 3.30. The van der Waals surface area contributed by atoms with Crippen LogP contribution < -0.4 is 9.44 Å². The first kappa shape index (κ1) is 13.9. The van der Waals surface area contributed by atoms with Crippen molar-refractivity contribution in [1.29, 1.82) is 0 Å². The molecule has 0 saturated heterocycles. The standard InChI is InChI=1S/C8H13N3O4S2/c1-3-11(16(2,12)13)7-5-4-6-10-8(7)17(9,14)15/h4-6H,3H2,1-2H3,(H2,9,14,15). The fourth-order valence-electron chi connectivity index (χ4n) is 1.37. The van der Waals surface area contributed by atoms with E-state index in [-0.39, 0.29) is 12.2 Å². The molecule has 1 rings (SSSR count). The lowest BCUT2D eigenvalue weighted by Gasteiger charge is -2.21. The molecule has 7 nitrogen and oxygen atoms in total. The predicted octanol–water partition coefficient (Wildman–Crippen LogP) is -0.485. The van der Waals surface area contributed by atoms with E-state index in [1.807, 2.05) is 0 Å². The lowest BCUT2D eigenvalue weighted by atomic mass is 10.4. The number of anilines is 1. The summed E-state index contributed by atoms with van der Waals surface area (Å²) in [6.45, 7) is 1.67. The third-order valence-corrected chi connectivity index (χ3v) is 4.09. The van der Waals surface area contributed by atoms with Gasteiger partial charge in [-0.25, -0.2) is 27.0 Å². The minimum absolute atomic E-state index is 0.0417. The largest absolute Gasteiger partial charge is 0.268 e. The van der Waals surface area contributed by atoms with Crippen LogP contribution in [0.5, 0.6) is 0 Å². The monoisotopic (exact) mass is 279 g/mol. The molecule has 0 aliphatic rings. The lowest BCUT2D eigenvalue weighted by molar-refractivity contribution is 0.592. The Hall–Kier alpha value is -1.19. The molecule has 1 aromatic rings. The Labute approximate surface area is 100 Å². The number of primary sulfonamides is 1. The molecule has 96 valence electrons. The molecule has 9 heteroatoms. The summed E-state index contributed by atoms with van der Waals surface area (Å²) >= 11 is 0. The van der Waals surface area contributed by atoms with Crippen LogP contribution in [-0.2, 0) is 20.0 Å². The van der Waals surface area contributed by atoms with Crippen molar-refractivity contribution < 1.29 is 16.8 Å². The van der Waals surface area contributed by atoms with Crippen molar-refractivity contribution in [3.8, 4) is 0 Å². The summed E-state index contributed by atoms with van der Waals surface area (Å²) in [5.74, 6) is 0. The Morgan fingerprint density at radius 1 is 1.35 bits per heavy atom. The molecule has 0 unspecified atom stereocenters. The molecule has 0 bridgehead atoms. The van der Waals surface area contributed by atoms with E-state index in [0.29, 0.717) is 0 Å². The van der Waals surface area contributed by atoms with Crippen LogP contribution >= 0.6 is 0 Å². The van der Waals surface area contributed by atoms with Crippen LogP contribution in [0.25, 0.3) is 0 Å². The number of nitrogens with zero attached hydrogens (tertiary/aromatic N) is 2. The zero-order valence-corrected chi connectivity index (χ0v) is 11.0. The smallest absolute Gasteiger partial charge is 0.257 e. The van der Waals surface area contributed by atoms with E-state index in [1.54, 1.807) is 6.92 Å². The van der Waals surface area contributed by atoms with Crippen molar-refractivity contribution in [1.82, 2.24) is 4.98 Å². The first-order chi connectivity index (χ1) is 7.68. The molecule has 0 aliphatic heterocycles. The minimum atomic E-state index is -4.07. The number of pyridine rings is 1. The van der Waals surface area contributed by atoms with Crippen LogP contribution in [0.3, 0.4) is 0 Å². The highest BCUT2D eigenvalue weighted by Gasteiger charge is 2.24. The zero-order chi connectivity index (χ0) is 13.3. The highest BCUT2D eigenvalue weighted by Crippen LogP contribution is 2.23. The molecule has 0 atom stereocenters. The van der Waals surface area contributed by atoms with Crippen LogP contribution in [0, 0.1) is 0 Å². The Morgan fingerprint density at radius 3 is 2.35 bits per heavy atom. The van der Waals surface area contributed by atoms with Gasteiger partial charge in [-0.05, 0) is 19.1 Å². The van der Waals surface area contributed by atoms with E-state index in [9.17, 15) is 16.8 Å². The normalized spacial score (nSPS) is 12.4. The average molecular weight is 279 g/mol. The Morgan fingerprint density at radius 2 is 1.94 bits per heavy atom. The van der Waals surface area contributed by atoms with Gasteiger partial charge in [-0.15, -0.1) is 0 Å². The van der Waals surface area contributed by atoms with E-state index in [4.69, 9.17) is 5.14 Å². The number of nitrogens with two attached hydrogens (primary N) is 1. The maximum absolute atomic E-state index is 11.5. The van der Waals surface area contributed by atoms with Gasteiger partial charge in [0.15, 0.2) is 5.03 Å². The van der Waals surface area contributed by atoms with Crippen LogP contribution in [0.4, 0.5) is 5.69 Å². The van der Waals surface area contributed by atoms with Gasteiger partial charge in [-0.3, -0.25) is 4.31 Å². The molecule has 1 aromatic heterocycles. The molecule has 17 heavy (non-hydrogen) atoms. The second kappa shape index (κ2) is 4.59. The molecular weight excluding hydrogens is 266 g/mol. The number of hydrogen-bond donors (Lipinski definition) is 1. The Bertz CT molecular complexity index is 609. The quantitative estimate of drug-likeness (QED) is 0.800. The summed E-state index contributed by atoms with van der Waals surface area (Å²) in [4.78, 5) is 3.61. The van der Waals surface area contributed by atoms with Crippen molar-refractivity contribution in [3.05, 3.63) is 18.3 Å². The van der Waals surface area contributed by atoms with E-state index in [2.05, 4.69) is 4.98 Å². The van der Waals surface area contributed by atoms with E-state index < -0.39 is 25.1 Å². The fourth-order valence-corrected chi connectivity index (χ4v) is 3.08. The third kappa shape index (κ3) is 3.14. The Kier molecular flexibility index (Phi) is 3.74. The zero-order valence-electron chi connectivity index (χ0n) is 9.36. The molecule has 0 radical (unpaired) electrons. The maximum Gasteiger partial charge on any atom is 0.257 e. The number of rotatable bonds is 4. The fraction of sp³-hybridized carbons (Fsp3) is 0.375. The summed E-state index contributed by atoms with van der Waals surface area (Å²) in [5.41, 5.74) is -0.0417. The van der Waals surface area contributed by atoms with Gasteiger partial charge in [-0.1, -0.05) is 0 Å². The van der Waals surface area contributed by atoms with Gasteiger partial charge in [0, 0.05) is 12.7 Å². The predicted molar refractivity (Wildman–Crippen MR) is 63.5 cm³/mol. The summed E-state index contributed by atoms with van der Waals surface area (Å²) in [6, 6.07) is 2.79. The van der Waals surface area contributed by atoms with Gasteiger partial charge in [-0.2, -0.15) is 0 Å². The molecule has 0 aliphatic carbocycles. The van der Waals surface area contributed by atoms with Gasteiger partial charge in [0.1, 0.15) is 0 Å². The summed E-state index contributed by atoms with van der Waals surface area (Å²) in [7, 11) is -7.64. The second-order valence-corrected chi connectivity index (χ2v) is 6.68.